The highest BCUT2D eigenvalue weighted by molar-refractivity contribution is 7.87. The molecule has 0 unspecified atom stereocenters. The number of alkyl halides is 11. The maximum atomic E-state index is 12.6. The fraction of sp³-hybridized carbons (Fsp3) is 1.00. The van der Waals surface area contributed by atoms with Crippen LogP contribution in [0.1, 0.15) is 0 Å². The average molecular weight is 368 g/mol. The Bertz CT molecular complexity index is 490. The molecule has 0 saturated carbocycles. The first-order valence-corrected chi connectivity index (χ1v) is 5.35. The molecule has 0 aromatic carbocycles. The van der Waals surface area contributed by atoms with E-state index in [0.717, 1.165) is 0 Å². The summed E-state index contributed by atoms with van der Waals surface area (Å²) in [5.41, 5.74) is 0. The van der Waals surface area contributed by atoms with Gasteiger partial charge < -0.3 is 0 Å². The molecule has 0 aliphatic heterocycles. The molecule has 21 heavy (non-hydrogen) atoms. The first kappa shape index (κ1) is 20.1. The van der Waals surface area contributed by atoms with Gasteiger partial charge in [-0.3, -0.25) is 0 Å². The van der Waals surface area contributed by atoms with Gasteiger partial charge in [-0.25, -0.2) is 0 Å². The van der Waals surface area contributed by atoms with E-state index in [1.54, 1.807) is 0 Å². The van der Waals surface area contributed by atoms with Crippen LogP contribution >= 0.6 is 0 Å². The van der Waals surface area contributed by atoms with Crippen molar-refractivity contribution in [3.05, 3.63) is 0 Å². The van der Waals surface area contributed by atoms with Crippen molar-refractivity contribution in [3.8, 4) is 0 Å². The van der Waals surface area contributed by atoms with Crippen molar-refractivity contribution in [2.75, 3.05) is 0 Å². The highest BCUT2D eigenvalue weighted by Gasteiger charge is 2.90. The SMILES string of the molecule is O=S(=O)(OF)C(F)(F)C(F)(F)C(F)(F)C(F)(F)C(F)(F)F. The predicted molar refractivity (Wildman–Crippen MR) is 37.0 cm³/mol. The molecule has 0 fully saturated rings. The first-order valence-electron chi connectivity index (χ1n) is 3.94. The molecule has 0 saturated heterocycles. The van der Waals surface area contributed by atoms with Gasteiger partial charge in [0.25, 0.3) is 0 Å². The van der Waals surface area contributed by atoms with E-state index in [1.807, 2.05) is 0 Å². The van der Waals surface area contributed by atoms with Gasteiger partial charge in [0.2, 0.25) is 0 Å². The number of hydrogen-bond acceptors (Lipinski definition) is 3. The van der Waals surface area contributed by atoms with Crippen LogP contribution in [0, 0.1) is 0 Å². The summed E-state index contributed by atoms with van der Waals surface area (Å²) in [5, 5.41) is -7.44. The second-order valence-electron chi connectivity index (χ2n) is 3.25. The molecule has 0 atom stereocenters. The molecule has 16 heteroatoms. The molecule has 0 spiro atoms. The van der Waals surface area contributed by atoms with Crippen LogP contribution in [0.4, 0.5) is 52.8 Å². The lowest BCUT2D eigenvalue weighted by Gasteiger charge is -2.35. The van der Waals surface area contributed by atoms with Crippen molar-refractivity contribution in [1.82, 2.24) is 0 Å². The van der Waals surface area contributed by atoms with E-state index >= 15 is 0 Å². The smallest absolute Gasteiger partial charge is 0.192 e. The number of halogens is 12. The topological polar surface area (TPSA) is 43.4 Å². The Morgan fingerprint density at radius 3 is 1.19 bits per heavy atom. The van der Waals surface area contributed by atoms with E-state index in [0.29, 0.717) is 0 Å². The van der Waals surface area contributed by atoms with Crippen LogP contribution in [0.25, 0.3) is 0 Å². The second-order valence-corrected chi connectivity index (χ2v) is 4.80. The zero-order chi connectivity index (χ0) is 17.7. The van der Waals surface area contributed by atoms with E-state index < -0.39 is 39.3 Å². The Balaban J connectivity index is 6.27. The molecule has 0 bridgehead atoms. The Kier molecular flexibility index (Phi) is 4.57. The molecule has 0 radical (unpaired) electrons. The van der Waals surface area contributed by atoms with E-state index in [4.69, 9.17) is 0 Å². The Morgan fingerprint density at radius 1 is 0.619 bits per heavy atom. The molecule has 128 valence electrons. The maximum Gasteiger partial charge on any atom is 0.460 e. The summed E-state index contributed by atoms with van der Waals surface area (Å²) in [5.74, 6) is -23.6. The Hall–Kier alpha value is -0.930. The summed E-state index contributed by atoms with van der Waals surface area (Å²) < 4.78 is 167. The minimum atomic E-state index is -7.95. The fourth-order valence-electron chi connectivity index (χ4n) is 0.754. The quantitative estimate of drug-likeness (QED) is 0.700. The summed E-state index contributed by atoms with van der Waals surface area (Å²) >= 11 is 0. The van der Waals surface area contributed by atoms with Crippen LogP contribution < -0.4 is 0 Å². The molecule has 0 aromatic heterocycles. The minimum Gasteiger partial charge on any atom is -0.192 e. The van der Waals surface area contributed by atoms with Crippen molar-refractivity contribution < 1.29 is 65.6 Å². The monoisotopic (exact) mass is 368 g/mol. The van der Waals surface area contributed by atoms with E-state index in [-0.39, 0.29) is 0 Å². The van der Waals surface area contributed by atoms with Crippen LogP contribution in [-0.4, -0.2) is 37.6 Å². The zero-order valence-electron chi connectivity index (χ0n) is 8.67. The average Bonchev–Trinajstić information content (AvgIpc) is 2.26. The summed E-state index contributed by atoms with van der Waals surface area (Å²) in [6.45, 7) is 0. The Labute approximate surface area is 106 Å². The van der Waals surface area contributed by atoms with Crippen LogP contribution in [0.2, 0.25) is 0 Å². The molecule has 0 aromatic rings. The molecule has 0 aliphatic rings. The molecule has 0 N–H and O–H groups in total. The molecular weight excluding hydrogens is 368 g/mol. The fourth-order valence-corrected chi connectivity index (χ4v) is 1.28. The highest BCUT2D eigenvalue weighted by atomic mass is 32.2. The molecule has 0 amide bonds. The third kappa shape index (κ3) is 2.51. The third-order valence-corrected chi connectivity index (χ3v) is 2.96. The zero-order valence-corrected chi connectivity index (χ0v) is 9.49. The van der Waals surface area contributed by atoms with Gasteiger partial charge in [-0.1, -0.05) is 4.39 Å². The number of rotatable bonds is 5. The maximum absolute atomic E-state index is 12.6. The predicted octanol–water partition coefficient (Wildman–Crippen LogP) is 3.28. The van der Waals surface area contributed by atoms with Crippen LogP contribution in [0.5, 0.6) is 0 Å². The molecular formula is C5F12O3S. The van der Waals surface area contributed by atoms with Crippen LogP contribution in [0.3, 0.4) is 0 Å². The highest BCUT2D eigenvalue weighted by Crippen LogP contribution is 2.58. The van der Waals surface area contributed by atoms with Gasteiger partial charge >= 0.3 is 39.3 Å². The summed E-state index contributed by atoms with van der Waals surface area (Å²) in [4.78, 5) is 0. The normalized spacial score (nSPS) is 16.2. The van der Waals surface area contributed by atoms with E-state index in [1.165, 1.54) is 4.39 Å². The van der Waals surface area contributed by atoms with Gasteiger partial charge in [0, 0.05) is 0 Å². The lowest BCUT2D eigenvalue weighted by atomic mass is 10.0. The second kappa shape index (κ2) is 4.79. The number of hydrogen-bond donors (Lipinski definition) is 0. The van der Waals surface area contributed by atoms with Gasteiger partial charge in [0.05, 0.1) is 0 Å². The molecule has 3 nitrogen and oxygen atoms in total. The summed E-state index contributed by atoms with van der Waals surface area (Å²) in [7, 11) is -7.58. The molecule has 0 heterocycles. The summed E-state index contributed by atoms with van der Waals surface area (Å²) in [6, 6.07) is 0. The largest absolute Gasteiger partial charge is 0.460 e. The van der Waals surface area contributed by atoms with Crippen molar-refractivity contribution in [2.24, 2.45) is 0 Å². The van der Waals surface area contributed by atoms with E-state index in [2.05, 4.69) is 0 Å². The van der Waals surface area contributed by atoms with Crippen LogP contribution in [0.15, 0.2) is 0 Å². The van der Waals surface area contributed by atoms with Crippen molar-refractivity contribution in [1.29, 1.82) is 0 Å². The van der Waals surface area contributed by atoms with Crippen molar-refractivity contribution in [3.63, 3.8) is 0 Å². The minimum absolute atomic E-state index is 1.26. The van der Waals surface area contributed by atoms with E-state index in [9.17, 15) is 61.2 Å². The van der Waals surface area contributed by atoms with Gasteiger partial charge in [-0.05, 0) is 4.53 Å². The van der Waals surface area contributed by atoms with Gasteiger partial charge in [-0.15, -0.1) is 0 Å². The summed E-state index contributed by atoms with van der Waals surface area (Å²) in [6.07, 6.45) is -7.45. The lowest BCUT2D eigenvalue weighted by Crippen LogP contribution is -2.67. The standard InChI is InChI=1S/C5F12O3S/c6-1(7,2(8,9)4(12,13)14)3(10,11)5(15,16)21(18,19)20-17. The first-order chi connectivity index (χ1) is 8.81. The lowest BCUT2D eigenvalue weighted by molar-refractivity contribution is -0.413. The third-order valence-electron chi connectivity index (χ3n) is 1.91. The Morgan fingerprint density at radius 2 is 0.952 bits per heavy atom. The molecule has 0 rings (SSSR count). The van der Waals surface area contributed by atoms with Crippen LogP contribution in [-0.2, 0) is 14.5 Å². The molecule has 0 aliphatic carbocycles. The van der Waals surface area contributed by atoms with Gasteiger partial charge in [0.1, 0.15) is 0 Å². The van der Waals surface area contributed by atoms with Gasteiger partial charge in [0.15, 0.2) is 0 Å². The van der Waals surface area contributed by atoms with Crippen molar-refractivity contribution in [2.45, 2.75) is 29.2 Å². The van der Waals surface area contributed by atoms with Crippen molar-refractivity contribution >= 4 is 10.1 Å². The van der Waals surface area contributed by atoms with Gasteiger partial charge in [-0.2, -0.15) is 56.7 Å².